The van der Waals surface area contributed by atoms with E-state index in [1.165, 1.54) is 6.42 Å². The number of benzene rings is 3. The zero-order valence-electron chi connectivity index (χ0n) is 22.2. The molecule has 4 nitrogen and oxygen atoms in total. The van der Waals surface area contributed by atoms with Crippen LogP contribution in [0.1, 0.15) is 59.9 Å². The Balaban J connectivity index is 1.69. The summed E-state index contributed by atoms with van der Waals surface area (Å²) in [5.41, 5.74) is 4.91. The van der Waals surface area contributed by atoms with Crippen LogP contribution < -0.4 is 5.32 Å². The molecule has 1 aliphatic carbocycles. The Morgan fingerprint density at radius 3 is 2.24 bits per heavy atom. The Kier molecular flexibility index (Phi) is 9.87. The van der Waals surface area contributed by atoms with Gasteiger partial charge in [-0.05, 0) is 55.5 Å². The summed E-state index contributed by atoms with van der Waals surface area (Å²) in [5.74, 6) is -0.222. The van der Waals surface area contributed by atoms with Crippen molar-refractivity contribution in [3.05, 3.63) is 105 Å². The van der Waals surface area contributed by atoms with Crippen molar-refractivity contribution < 1.29 is 9.59 Å². The molecule has 3 aromatic rings. The first kappa shape index (κ1) is 28.2. The van der Waals surface area contributed by atoms with Crippen molar-refractivity contribution >= 4 is 35.0 Å². The molecule has 200 valence electrons. The number of hydrogen-bond acceptors (Lipinski definition) is 2. The van der Waals surface area contributed by atoms with Gasteiger partial charge in [-0.1, -0.05) is 108 Å². The van der Waals surface area contributed by atoms with E-state index in [0.717, 1.165) is 53.5 Å². The molecule has 0 radical (unpaired) electrons. The maximum Gasteiger partial charge on any atom is 0.243 e. The molecule has 4 rings (SSSR count). The van der Waals surface area contributed by atoms with E-state index in [-0.39, 0.29) is 30.8 Å². The van der Waals surface area contributed by atoms with E-state index in [0.29, 0.717) is 16.5 Å². The van der Waals surface area contributed by atoms with Crippen molar-refractivity contribution in [2.24, 2.45) is 0 Å². The summed E-state index contributed by atoms with van der Waals surface area (Å²) in [7, 11) is 0. The lowest BCUT2D eigenvalue weighted by molar-refractivity contribution is -0.141. The quantitative estimate of drug-likeness (QED) is 0.305. The van der Waals surface area contributed by atoms with E-state index in [9.17, 15) is 9.59 Å². The zero-order chi connectivity index (χ0) is 27.1. The van der Waals surface area contributed by atoms with Crippen molar-refractivity contribution in [2.75, 3.05) is 0 Å². The van der Waals surface area contributed by atoms with Crippen LogP contribution in [0.2, 0.25) is 10.0 Å². The minimum Gasteiger partial charge on any atom is -0.352 e. The highest BCUT2D eigenvalue weighted by Crippen LogP contribution is 2.25. The molecular formula is C32H36Cl2N2O2. The highest BCUT2D eigenvalue weighted by Gasteiger charge is 2.32. The molecule has 1 aliphatic rings. The normalized spacial score (nSPS) is 14.6. The molecule has 0 heterocycles. The summed E-state index contributed by atoms with van der Waals surface area (Å²) in [6.07, 6.45) is 6.01. The van der Waals surface area contributed by atoms with E-state index in [2.05, 4.69) is 11.4 Å². The van der Waals surface area contributed by atoms with E-state index >= 15 is 0 Å². The van der Waals surface area contributed by atoms with Crippen molar-refractivity contribution in [3.8, 4) is 0 Å². The number of nitrogens with zero attached hydrogens (tertiary/aromatic N) is 1. The number of carbonyl (C=O) groups is 2. The highest BCUT2D eigenvalue weighted by atomic mass is 35.5. The second-order valence-electron chi connectivity index (χ2n) is 10.5. The van der Waals surface area contributed by atoms with Crippen molar-refractivity contribution in [2.45, 2.75) is 77.4 Å². The van der Waals surface area contributed by atoms with Crippen molar-refractivity contribution in [1.82, 2.24) is 10.2 Å². The van der Waals surface area contributed by atoms with Gasteiger partial charge >= 0.3 is 0 Å². The van der Waals surface area contributed by atoms with Crippen LogP contribution in [0.5, 0.6) is 0 Å². The van der Waals surface area contributed by atoms with Gasteiger partial charge in [-0.15, -0.1) is 0 Å². The average molecular weight is 552 g/mol. The molecule has 0 aliphatic heterocycles. The molecule has 0 spiro atoms. The average Bonchev–Trinajstić information content (AvgIpc) is 2.87. The van der Waals surface area contributed by atoms with E-state index < -0.39 is 6.04 Å². The Morgan fingerprint density at radius 1 is 0.895 bits per heavy atom. The summed E-state index contributed by atoms with van der Waals surface area (Å²) in [6.45, 7) is 4.28. The molecule has 6 heteroatoms. The topological polar surface area (TPSA) is 49.4 Å². The predicted molar refractivity (Wildman–Crippen MR) is 156 cm³/mol. The van der Waals surface area contributed by atoms with Gasteiger partial charge in [0.25, 0.3) is 0 Å². The lowest BCUT2D eigenvalue weighted by Crippen LogP contribution is -2.53. The Hall–Kier alpha value is -2.82. The molecule has 1 N–H and O–H groups in total. The van der Waals surface area contributed by atoms with Crippen LogP contribution in [0.15, 0.2) is 66.7 Å². The molecule has 3 aromatic carbocycles. The van der Waals surface area contributed by atoms with Crippen molar-refractivity contribution in [3.63, 3.8) is 0 Å². The van der Waals surface area contributed by atoms with Gasteiger partial charge in [-0.2, -0.15) is 0 Å². The molecule has 1 saturated carbocycles. The third-order valence-corrected chi connectivity index (χ3v) is 7.80. The highest BCUT2D eigenvalue weighted by molar-refractivity contribution is 6.35. The van der Waals surface area contributed by atoms with Crippen LogP contribution >= 0.6 is 23.2 Å². The monoisotopic (exact) mass is 550 g/mol. The molecule has 0 bridgehead atoms. The number of aryl methyl sites for hydroxylation is 2. The number of hydrogen-bond donors (Lipinski definition) is 1. The molecule has 38 heavy (non-hydrogen) atoms. The summed E-state index contributed by atoms with van der Waals surface area (Å²) in [6, 6.07) is 20.8. The van der Waals surface area contributed by atoms with Crippen LogP contribution in [0.4, 0.5) is 0 Å². The van der Waals surface area contributed by atoms with E-state index in [1.807, 2.05) is 62.4 Å². The van der Waals surface area contributed by atoms with E-state index in [4.69, 9.17) is 23.2 Å². The number of amides is 2. The summed E-state index contributed by atoms with van der Waals surface area (Å²) >= 11 is 12.7. The van der Waals surface area contributed by atoms with Gasteiger partial charge in [0.05, 0.1) is 6.42 Å². The molecule has 1 fully saturated rings. The van der Waals surface area contributed by atoms with Gasteiger partial charge in [0.1, 0.15) is 6.04 Å². The zero-order valence-corrected chi connectivity index (χ0v) is 23.7. The maximum absolute atomic E-state index is 14.0. The Labute approximate surface area is 236 Å². The molecule has 0 aromatic heterocycles. The summed E-state index contributed by atoms with van der Waals surface area (Å²) < 4.78 is 0. The van der Waals surface area contributed by atoms with Gasteiger partial charge in [0, 0.05) is 29.1 Å². The number of nitrogens with one attached hydrogen (secondary N) is 1. The largest absolute Gasteiger partial charge is 0.352 e. The first-order valence-corrected chi connectivity index (χ1v) is 14.2. The number of carbonyl (C=O) groups excluding carboxylic acids is 2. The summed E-state index contributed by atoms with van der Waals surface area (Å²) in [4.78, 5) is 29.6. The predicted octanol–water partition coefficient (Wildman–Crippen LogP) is 7.24. The summed E-state index contributed by atoms with van der Waals surface area (Å²) in [5, 5.41) is 4.29. The fraction of sp³-hybridized carbons (Fsp3) is 0.375. The first-order chi connectivity index (χ1) is 18.3. The van der Waals surface area contributed by atoms with Crippen LogP contribution in [0, 0.1) is 13.8 Å². The van der Waals surface area contributed by atoms with Gasteiger partial charge in [-0.25, -0.2) is 0 Å². The Morgan fingerprint density at radius 2 is 1.58 bits per heavy atom. The lowest BCUT2D eigenvalue weighted by atomic mass is 9.94. The number of halogens is 2. The van der Waals surface area contributed by atoms with Crippen LogP contribution in [0.25, 0.3) is 0 Å². The SMILES string of the molecule is Cc1cc(C)cc(CC(=O)N(Cc2ccc(Cl)cc2Cl)C(Cc2ccccc2)C(=O)NC2CCCCC2)c1. The van der Waals surface area contributed by atoms with Gasteiger partial charge < -0.3 is 10.2 Å². The number of rotatable bonds is 9. The van der Waals surface area contributed by atoms with E-state index in [1.54, 1.807) is 17.0 Å². The van der Waals surface area contributed by atoms with Crippen LogP contribution in [0.3, 0.4) is 0 Å². The Bertz CT molecular complexity index is 1240. The van der Waals surface area contributed by atoms with Gasteiger partial charge in [0.2, 0.25) is 11.8 Å². The minimum absolute atomic E-state index is 0.110. The second kappa shape index (κ2) is 13.3. The smallest absolute Gasteiger partial charge is 0.243 e. The van der Waals surface area contributed by atoms with Gasteiger partial charge in [-0.3, -0.25) is 9.59 Å². The molecular weight excluding hydrogens is 515 g/mol. The molecule has 0 saturated heterocycles. The molecule has 2 amide bonds. The van der Waals surface area contributed by atoms with Gasteiger partial charge in [0.15, 0.2) is 0 Å². The fourth-order valence-corrected chi connectivity index (χ4v) is 5.85. The standard InChI is InChI=1S/C32H36Cl2N2O2/c1-22-15-23(2)17-25(16-22)19-31(37)36(21-26-13-14-27(33)20-29(26)34)30(18-24-9-5-3-6-10-24)32(38)35-28-11-7-4-8-12-28/h3,5-6,9-10,13-17,20,28,30H,4,7-8,11-12,18-19,21H2,1-2H3,(H,35,38). The fourth-order valence-electron chi connectivity index (χ4n) is 5.38. The van der Waals surface area contributed by atoms with Crippen LogP contribution in [-0.2, 0) is 29.0 Å². The minimum atomic E-state index is -0.676. The van der Waals surface area contributed by atoms with Crippen molar-refractivity contribution in [1.29, 1.82) is 0 Å². The second-order valence-corrected chi connectivity index (χ2v) is 11.3. The molecule has 1 atom stereocenters. The third kappa shape index (κ3) is 7.85. The van der Waals surface area contributed by atoms with Crippen LogP contribution in [-0.4, -0.2) is 28.8 Å². The first-order valence-electron chi connectivity index (χ1n) is 13.4. The molecule has 1 unspecified atom stereocenters. The lowest BCUT2D eigenvalue weighted by Gasteiger charge is -2.34. The third-order valence-electron chi connectivity index (χ3n) is 7.22. The maximum atomic E-state index is 14.0.